The third-order valence-electron chi connectivity index (χ3n) is 9.72. The molecule has 2 heterocycles. The van der Waals surface area contributed by atoms with E-state index in [-0.39, 0.29) is 14.5 Å². The van der Waals surface area contributed by atoms with Crippen molar-refractivity contribution in [3.63, 3.8) is 0 Å². The van der Waals surface area contributed by atoms with Crippen molar-refractivity contribution >= 4 is 55.3 Å². The zero-order valence-corrected chi connectivity index (χ0v) is 29.2. The van der Waals surface area contributed by atoms with E-state index in [1.165, 1.54) is 63.1 Å². The minimum atomic E-state index is 0.166. The fourth-order valence-electron chi connectivity index (χ4n) is 7.28. The van der Waals surface area contributed by atoms with Crippen molar-refractivity contribution in [2.45, 2.75) is 0 Å². The monoisotopic (exact) mass is 715 g/mol. The van der Waals surface area contributed by atoms with Gasteiger partial charge in [-0.2, -0.15) is 0 Å². The van der Waals surface area contributed by atoms with Crippen LogP contribution in [0.4, 0.5) is 0 Å². The Bertz CT molecular complexity index is 2840. The molecule has 4 heteroatoms. The average molecular weight is 715 g/mol. The fourth-order valence-corrected chi connectivity index (χ4v) is 10.1. The summed E-state index contributed by atoms with van der Waals surface area (Å²) in [6.45, 7) is 0. The number of rotatable bonds is 5. The van der Waals surface area contributed by atoms with Crippen LogP contribution in [0.25, 0.3) is 97.3 Å². The van der Waals surface area contributed by atoms with Crippen molar-refractivity contribution in [3.8, 4) is 56.4 Å². The molecule has 8 aromatic carbocycles. The first kappa shape index (κ1) is 29.7. The van der Waals surface area contributed by atoms with E-state index in [9.17, 15) is 0 Å². The van der Waals surface area contributed by atoms with Crippen LogP contribution in [-0.4, -0.2) is 29.5 Å². The van der Waals surface area contributed by atoms with Crippen molar-refractivity contribution in [2.24, 2.45) is 0 Å². The second kappa shape index (κ2) is 12.3. The normalized spacial score (nSPS) is 11.5. The SMILES string of the molecule is c1ccc(-c2nc(-c3ccccc3)nc(-c3ccc4cc(-c5cccc6c5[se]c5c(-c7ccccc7)cccc56)c5ccccc5c4c3)n2)cc1. The van der Waals surface area contributed by atoms with Gasteiger partial charge < -0.3 is 0 Å². The topological polar surface area (TPSA) is 38.7 Å². The Balaban J connectivity index is 1.16. The van der Waals surface area contributed by atoms with E-state index in [0.29, 0.717) is 17.5 Å². The van der Waals surface area contributed by atoms with Crippen molar-refractivity contribution in [3.05, 3.63) is 176 Å². The van der Waals surface area contributed by atoms with Gasteiger partial charge in [0.2, 0.25) is 0 Å². The maximum atomic E-state index is 5.02. The van der Waals surface area contributed by atoms with Gasteiger partial charge in [0.1, 0.15) is 0 Å². The molecule has 238 valence electrons. The number of benzene rings is 8. The van der Waals surface area contributed by atoms with Gasteiger partial charge in [0.15, 0.2) is 0 Å². The molecule has 2 aromatic heterocycles. The van der Waals surface area contributed by atoms with E-state index in [0.717, 1.165) is 16.7 Å². The summed E-state index contributed by atoms with van der Waals surface area (Å²) in [5.74, 6) is 1.99. The van der Waals surface area contributed by atoms with Crippen LogP contribution in [-0.2, 0) is 0 Å². The molecule has 3 nitrogen and oxygen atoms in total. The second-order valence-corrected chi connectivity index (χ2v) is 14.9. The molecule has 0 bridgehead atoms. The van der Waals surface area contributed by atoms with Crippen LogP contribution in [0.5, 0.6) is 0 Å². The molecule has 0 atom stereocenters. The average Bonchev–Trinajstić information content (AvgIpc) is 3.61. The molecule has 0 fully saturated rings. The van der Waals surface area contributed by atoms with Gasteiger partial charge in [0.25, 0.3) is 0 Å². The van der Waals surface area contributed by atoms with Crippen molar-refractivity contribution in [1.29, 1.82) is 0 Å². The zero-order chi connectivity index (χ0) is 33.7. The summed E-state index contributed by atoms with van der Waals surface area (Å²) in [6.07, 6.45) is 0. The summed E-state index contributed by atoms with van der Waals surface area (Å²) in [7, 11) is 0. The summed E-state index contributed by atoms with van der Waals surface area (Å²) in [5.41, 5.74) is 8.11. The molecule has 0 unspecified atom stereocenters. The summed E-state index contributed by atoms with van der Waals surface area (Å²) in [5, 5.41) is 7.57. The maximum Gasteiger partial charge on any atom is -0.0512 e. The Hall–Kier alpha value is -6.19. The van der Waals surface area contributed by atoms with Crippen LogP contribution in [0.1, 0.15) is 0 Å². The summed E-state index contributed by atoms with van der Waals surface area (Å²) >= 11 is 0.166. The standard InChI is InChI=1S/C47H29N3Se/c1-4-14-30(15-5-1)35-22-12-23-38-39-24-13-25-40(44(39)51-43(35)38)42-28-33-26-27-34(29-41(33)36-20-10-11-21-37(36)42)47-49-45(31-16-6-2-7-17-31)48-46(50-47)32-18-8-3-9-19-32/h1-29H. The van der Waals surface area contributed by atoms with Crippen LogP contribution in [0, 0.1) is 0 Å². The van der Waals surface area contributed by atoms with Crippen LogP contribution >= 0.6 is 0 Å². The summed E-state index contributed by atoms with van der Waals surface area (Å²) in [6, 6.07) is 62.6. The predicted octanol–water partition coefficient (Wildman–Crippen LogP) is 11.9. The first-order valence-corrected chi connectivity index (χ1v) is 18.8. The van der Waals surface area contributed by atoms with Crippen LogP contribution in [0.15, 0.2) is 176 Å². The van der Waals surface area contributed by atoms with Crippen molar-refractivity contribution < 1.29 is 0 Å². The van der Waals surface area contributed by atoms with Gasteiger partial charge in [-0.15, -0.1) is 0 Å². The molecule has 0 N–H and O–H groups in total. The van der Waals surface area contributed by atoms with Crippen LogP contribution in [0.2, 0.25) is 0 Å². The molecule has 0 spiro atoms. The third-order valence-corrected chi connectivity index (χ3v) is 12.4. The number of hydrogen-bond acceptors (Lipinski definition) is 3. The van der Waals surface area contributed by atoms with Gasteiger partial charge in [-0.3, -0.25) is 0 Å². The Labute approximate surface area is 301 Å². The van der Waals surface area contributed by atoms with Crippen molar-refractivity contribution in [2.75, 3.05) is 0 Å². The molecule has 0 saturated carbocycles. The quantitative estimate of drug-likeness (QED) is 0.132. The molecular weight excluding hydrogens is 685 g/mol. The Morgan fingerprint density at radius 3 is 1.41 bits per heavy atom. The fraction of sp³-hybridized carbons (Fsp3) is 0. The van der Waals surface area contributed by atoms with E-state index < -0.39 is 0 Å². The largest absolute Gasteiger partial charge is 0.0615 e. The van der Waals surface area contributed by atoms with E-state index in [1.807, 2.05) is 60.7 Å². The summed E-state index contributed by atoms with van der Waals surface area (Å²) < 4.78 is 2.92. The van der Waals surface area contributed by atoms with E-state index >= 15 is 0 Å². The smallest absolute Gasteiger partial charge is 0.0512 e. The van der Waals surface area contributed by atoms with Gasteiger partial charge in [-0.25, -0.2) is 0 Å². The third kappa shape index (κ3) is 5.16. The molecule has 0 saturated heterocycles. The minimum Gasteiger partial charge on any atom is -0.0615 e. The Kier molecular flexibility index (Phi) is 7.16. The van der Waals surface area contributed by atoms with E-state index in [1.54, 1.807) is 0 Å². The molecule has 0 aliphatic heterocycles. The number of aromatic nitrogens is 3. The number of nitrogens with zero attached hydrogens (tertiary/aromatic N) is 3. The molecule has 0 radical (unpaired) electrons. The molecule has 10 aromatic rings. The molecule has 0 amide bonds. The number of hydrogen-bond donors (Lipinski definition) is 0. The summed E-state index contributed by atoms with van der Waals surface area (Å²) in [4.78, 5) is 14.9. The van der Waals surface area contributed by atoms with Gasteiger partial charge in [0.05, 0.1) is 0 Å². The first-order valence-electron chi connectivity index (χ1n) is 17.1. The number of fused-ring (bicyclic) bond motifs is 6. The predicted molar refractivity (Wildman–Crippen MR) is 214 cm³/mol. The first-order chi connectivity index (χ1) is 25.3. The van der Waals surface area contributed by atoms with E-state index in [4.69, 9.17) is 15.0 Å². The van der Waals surface area contributed by atoms with Gasteiger partial charge in [-0.05, 0) is 0 Å². The van der Waals surface area contributed by atoms with Gasteiger partial charge >= 0.3 is 242 Å². The Morgan fingerprint density at radius 1 is 0.294 bits per heavy atom. The minimum absolute atomic E-state index is 0.166. The van der Waals surface area contributed by atoms with E-state index in [2.05, 4.69) is 115 Å². The molecule has 0 aliphatic rings. The van der Waals surface area contributed by atoms with Crippen LogP contribution < -0.4 is 0 Å². The maximum absolute atomic E-state index is 5.02. The van der Waals surface area contributed by atoms with Crippen LogP contribution in [0.3, 0.4) is 0 Å². The second-order valence-electron chi connectivity index (χ2n) is 12.8. The Morgan fingerprint density at radius 2 is 0.784 bits per heavy atom. The van der Waals surface area contributed by atoms with Gasteiger partial charge in [0, 0.05) is 0 Å². The molecular formula is C47H29N3Se. The molecule has 51 heavy (non-hydrogen) atoms. The van der Waals surface area contributed by atoms with Gasteiger partial charge in [-0.1, -0.05) is 60.7 Å². The van der Waals surface area contributed by atoms with Crippen molar-refractivity contribution in [1.82, 2.24) is 15.0 Å². The molecule has 0 aliphatic carbocycles. The zero-order valence-electron chi connectivity index (χ0n) is 27.5. The molecule has 10 rings (SSSR count).